The topological polar surface area (TPSA) is 12.9 Å². The molecule has 3 heteroatoms. The lowest BCUT2D eigenvalue weighted by atomic mass is 10.3. The minimum absolute atomic E-state index is 0.870. The Labute approximate surface area is 68.1 Å². The predicted octanol–water partition coefficient (Wildman–Crippen LogP) is 1.80. The molecule has 0 spiro atoms. The first-order chi connectivity index (χ1) is 4.86. The van der Waals surface area contributed by atoms with Gasteiger partial charge in [-0.1, -0.05) is 18.3 Å². The molecule has 0 saturated heterocycles. The highest BCUT2D eigenvalue weighted by Gasteiger charge is 1.90. The molecule has 0 saturated carbocycles. The molecule has 0 fully saturated rings. The number of thiocarbonyl (C=S) groups is 1. The zero-order valence-electron chi connectivity index (χ0n) is 5.45. The Bertz CT molecular complexity index is 237. The van der Waals surface area contributed by atoms with E-state index in [1.807, 2.05) is 18.2 Å². The van der Waals surface area contributed by atoms with E-state index in [-0.39, 0.29) is 0 Å². The first kappa shape index (κ1) is 7.77. The molecule has 0 radical (unpaired) electrons. The zero-order chi connectivity index (χ0) is 7.40. The maximum atomic E-state index is 4.73. The van der Waals surface area contributed by atoms with Gasteiger partial charge in [0, 0.05) is 17.2 Å². The van der Waals surface area contributed by atoms with E-state index < -0.39 is 0 Å². The molecule has 1 rings (SSSR count). The monoisotopic (exact) mass is 169 g/mol. The average molecular weight is 169 g/mol. The molecule has 10 heavy (non-hydrogen) atoms. The molecule has 1 heterocycles. The summed E-state index contributed by atoms with van der Waals surface area (Å²) in [5, 5.41) is 1.59. The van der Waals surface area contributed by atoms with Crippen molar-refractivity contribution < 1.29 is 0 Å². The highest BCUT2D eigenvalue weighted by atomic mass is 32.1. The summed E-state index contributed by atoms with van der Waals surface area (Å²) in [4.78, 5) is 4.23. The van der Waals surface area contributed by atoms with Crippen molar-refractivity contribution in [2.75, 3.05) is 0 Å². The number of hydrogen-bond acceptors (Lipinski definition) is 2. The molecule has 1 atom stereocenters. The second kappa shape index (κ2) is 3.75. The van der Waals surface area contributed by atoms with E-state index in [2.05, 4.69) is 14.2 Å². The van der Waals surface area contributed by atoms with E-state index in [1.54, 1.807) is 5.37 Å². The first-order valence-electron chi connectivity index (χ1n) is 2.98. The average Bonchev–Trinajstić information content (AvgIpc) is 2.05. The number of hydrogen-bond donors (Lipinski definition) is 0. The molecule has 0 aromatic carbocycles. The van der Waals surface area contributed by atoms with Crippen LogP contribution >= 0.6 is 21.5 Å². The van der Waals surface area contributed by atoms with Crippen LogP contribution < -0.4 is 0 Å². The molecule has 52 valence electrons. The van der Waals surface area contributed by atoms with Gasteiger partial charge in [0.1, 0.15) is 0 Å². The second-order valence-electron chi connectivity index (χ2n) is 1.88. The van der Waals surface area contributed by atoms with E-state index in [9.17, 15) is 0 Å². The van der Waals surface area contributed by atoms with Gasteiger partial charge in [-0.3, -0.25) is 4.98 Å². The maximum Gasteiger partial charge on any atom is 0.0740 e. The molecule has 1 nitrogen and oxygen atoms in total. The molecule has 0 bridgehead atoms. The fourth-order valence-electron chi connectivity index (χ4n) is 0.677. The van der Waals surface area contributed by atoms with Gasteiger partial charge >= 0.3 is 0 Å². The van der Waals surface area contributed by atoms with Gasteiger partial charge in [0.2, 0.25) is 0 Å². The first-order valence-corrected chi connectivity index (χ1v) is 4.27. The Morgan fingerprint density at radius 2 is 2.40 bits per heavy atom. The summed E-state index contributed by atoms with van der Waals surface area (Å²) in [7, 11) is 2.63. The van der Waals surface area contributed by atoms with Crippen LogP contribution in [0.2, 0.25) is 0 Å². The molecule has 0 aliphatic carbocycles. The van der Waals surface area contributed by atoms with E-state index >= 15 is 0 Å². The zero-order valence-corrected chi connectivity index (χ0v) is 7.42. The molecule has 1 unspecified atom stereocenters. The highest BCUT2D eigenvalue weighted by Crippen LogP contribution is 2.01. The van der Waals surface area contributed by atoms with Crippen LogP contribution in [0.4, 0.5) is 0 Å². The van der Waals surface area contributed by atoms with Crippen LogP contribution in [-0.4, -0.2) is 10.4 Å². The highest BCUT2D eigenvalue weighted by molar-refractivity contribution is 7.79. The van der Waals surface area contributed by atoms with Crippen molar-refractivity contribution in [1.82, 2.24) is 4.98 Å². The third kappa shape index (κ3) is 1.83. The molecule has 1 aromatic heterocycles. The van der Waals surface area contributed by atoms with Crippen molar-refractivity contribution in [2.24, 2.45) is 0 Å². The van der Waals surface area contributed by atoms with E-state index in [0.717, 1.165) is 17.5 Å². The van der Waals surface area contributed by atoms with E-state index in [4.69, 9.17) is 12.2 Å². The lowest BCUT2D eigenvalue weighted by Crippen LogP contribution is -1.89. The van der Waals surface area contributed by atoms with Gasteiger partial charge in [0.15, 0.2) is 0 Å². The summed E-state index contributed by atoms with van der Waals surface area (Å²) < 4.78 is 0. The Hall–Kier alpha value is -0.330. The van der Waals surface area contributed by atoms with Crippen LogP contribution in [0.1, 0.15) is 11.4 Å². The number of nitrogens with zero attached hydrogens (tertiary/aromatic N) is 1. The fraction of sp³-hybridized carbons (Fsp3) is 0.143. The maximum absolute atomic E-state index is 4.73. The van der Waals surface area contributed by atoms with Crippen molar-refractivity contribution in [3.63, 3.8) is 0 Å². The number of aromatic nitrogens is 1. The third-order valence-corrected chi connectivity index (χ3v) is 1.82. The minimum Gasteiger partial charge on any atom is -0.252 e. The lowest BCUT2D eigenvalue weighted by Gasteiger charge is -1.94. The Morgan fingerprint density at radius 3 is 3.00 bits per heavy atom. The van der Waals surface area contributed by atoms with Gasteiger partial charge in [-0.15, -0.1) is 9.24 Å². The van der Waals surface area contributed by atoms with Gasteiger partial charge < -0.3 is 0 Å². The quantitative estimate of drug-likeness (QED) is 0.494. The summed E-state index contributed by atoms with van der Waals surface area (Å²) in [6.07, 6.45) is 0.886. The van der Waals surface area contributed by atoms with Crippen molar-refractivity contribution in [1.29, 1.82) is 0 Å². The Balaban J connectivity index is 2.98. The largest absolute Gasteiger partial charge is 0.252 e. The summed E-state index contributed by atoms with van der Waals surface area (Å²) >= 11 is 4.73. The van der Waals surface area contributed by atoms with Crippen LogP contribution in [-0.2, 0) is 6.16 Å². The molecule has 0 aliphatic heterocycles. The van der Waals surface area contributed by atoms with Crippen LogP contribution in [0.15, 0.2) is 18.2 Å². The van der Waals surface area contributed by atoms with Gasteiger partial charge in [0.05, 0.1) is 5.69 Å². The summed E-state index contributed by atoms with van der Waals surface area (Å²) in [6, 6.07) is 5.84. The van der Waals surface area contributed by atoms with E-state index in [0.29, 0.717) is 0 Å². The number of pyridine rings is 1. The van der Waals surface area contributed by atoms with Gasteiger partial charge in [-0.2, -0.15) is 0 Å². The second-order valence-corrected chi connectivity index (χ2v) is 2.52. The van der Waals surface area contributed by atoms with Crippen molar-refractivity contribution in [3.8, 4) is 0 Å². The van der Waals surface area contributed by atoms with Crippen LogP contribution in [0.3, 0.4) is 0 Å². The molecule has 0 amide bonds. The smallest absolute Gasteiger partial charge is 0.0740 e. The van der Waals surface area contributed by atoms with Crippen molar-refractivity contribution in [3.05, 3.63) is 29.6 Å². The third-order valence-electron chi connectivity index (χ3n) is 1.16. The van der Waals surface area contributed by atoms with Crippen molar-refractivity contribution >= 4 is 26.8 Å². The standard InChI is InChI=1S/C7H8NPS/c9-4-6-2-1-3-7(5-10)8-6/h1-3,5H,4,9H2. The number of rotatable bonds is 2. The van der Waals surface area contributed by atoms with Crippen LogP contribution in [0, 0.1) is 0 Å². The molecule has 1 aromatic rings. The van der Waals surface area contributed by atoms with Gasteiger partial charge in [0.25, 0.3) is 0 Å². The Morgan fingerprint density at radius 1 is 1.60 bits per heavy atom. The van der Waals surface area contributed by atoms with Crippen molar-refractivity contribution in [2.45, 2.75) is 6.16 Å². The SMILES string of the molecule is PCc1cccc(C=S)n1. The summed E-state index contributed by atoms with van der Waals surface area (Å²) in [5.74, 6) is 0. The van der Waals surface area contributed by atoms with Gasteiger partial charge in [-0.05, 0) is 12.1 Å². The van der Waals surface area contributed by atoms with Crippen LogP contribution in [0.5, 0.6) is 0 Å². The molecular formula is C7H8NPS. The molecule has 0 aliphatic rings. The summed E-state index contributed by atoms with van der Waals surface area (Å²) in [6.45, 7) is 0. The minimum atomic E-state index is 0.870. The van der Waals surface area contributed by atoms with Gasteiger partial charge in [-0.25, -0.2) is 0 Å². The fourth-order valence-corrected chi connectivity index (χ4v) is 1.04. The predicted molar refractivity (Wildman–Crippen MR) is 50.4 cm³/mol. The molecular weight excluding hydrogens is 161 g/mol. The summed E-state index contributed by atoms with van der Waals surface area (Å²) in [5.41, 5.74) is 1.93. The Kier molecular flexibility index (Phi) is 2.91. The van der Waals surface area contributed by atoms with E-state index in [1.165, 1.54) is 0 Å². The molecule has 0 N–H and O–H groups in total. The lowest BCUT2D eigenvalue weighted by molar-refractivity contribution is 1.17. The van der Waals surface area contributed by atoms with Crippen LogP contribution in [0.25, 0.3) is 0 Å². The normalized spacial score (nSPS) is 9.30.